The van der Waals surface area contributed by atoms with Crippen molar-refractivity contribution in [3.05, 3.63) is 72.3 Å². The molecular weight excluding hydrogens is 337 g/mol. The summed E-state index contributed by atoms with van der Waals surface area (Å²) in [6.45, 7) is 0.208. The van der Waals surface area contributed by atoms with Gasteiger partial charge in [-0.3, -0.25) is 9.78 Å². The van der Waals surface area contributed by atoms with Crippen molar-refractivity contribution in [3.63, 3.8) is 0 Å². The Labute approximate surface area is 148 Å². The molecule has 0 spiro atoms. The molecule has 0 unspecified atom stereocenters. The summed E-state index contributed by atoms with van der Waals surface area (Å²) in [5.74, 6) is 0.660. The van der Waals surface area contributed by atoms with Gasteiger partial charge < -0.3 is 20.1 Å². The first-order chi connectivity index (χ1) is 12.7. The summed E-state index contributed by atoms with van der Waals surface area (Å²) in [7, 11) is 0. The largest absolute Gasteiger partial charge is 0.454 e. The molecule has 1 amide bonds. The second-order valence-corrected chi connectivity index (χ2v) is 5.62. The summed E-state index contributed by atoms with van der Waals surface area (Å²) in [5.41, 5.74) is 2.31. The number of benzene rings is 2. The third-order valence-electron chi connectivity index (χ3n) is 3.76. The highest BCUT2D eigenvalue weighted by molar-refractivity contribution is 6.04. The van der Waals surface area contributed by atoms with Crippen molar-refractivity contribution in [1.29, 1.82) is 0 Å². The monoisotopic (exact) mass is 351 g/mol. The van der Waals surface area contributed by atoms with Gasteiger partial charge in [0.05, 0.1) is 17.4 Å². The summed E-state index contributed by atoms with van der Waals surface area (Å²) in [6, 6.07) is 12.7. The van der Waals surface area contributed by atoms with Gasteiger partial charge in [-0.2, -0.15) is 0 Å². The molecule has 4 rings (SSSR count). The Hall–Kier alpha value is -3.61. The van der Waals surface area contributed by atoms with E-state index in [9.17, 15) is 9.18 Å². The van der Waals surface area contributed by atoms with Crippen molar-refractivity contribution in [1.82, 2.24) is 4.98 Å². The summed E-state index contributed by atoms with van der Waals surface area (Å²) >= 11 is 0. The number of hydrogen-bond donors (Lipinski definition) is 2. The number of rotatable bonds is 4. The van der Waals surface area contributed by atoms with Gasteiger partial charge in [-0.15, -0.1) is 0 Å². The minimum Gasteiger partial charge on any atom is -0.454 e. The third kappa shape index (κ3) is 3.41. The Kier molecular flexibility index (Phi) is 4.10. The number of ether oxygens (including phenoxy) is 2. The van der Waals surface area contributed by atoms with Crippen LogP contribution in [-0.2, 0) is 0 Å². The maximum absolute atomic E-state index is 12.9. The maximum Gasteiger partial charge on any atom is 0.257 e. The second-order valence-electron chi connectivity index (χ2n) is 5.62. The van der Waals surface area contributed by atoms with Gasteiger partial charge in [0.15, 0.2) is 11.5 Å². The number of anilines is 3. The van der Waals surface area contributed by atoms with Gasteiger partial charge in [0.1, 0.15) is 5.82 Å². The van der Waals surface area contributed by atoms with Crippen molar-refractivity contribution in [2.45, 2.75) is 0 Å². The Bertz CT molecular complexity index is 960. The van der Waals surface area contributed by atoms with E-state index in [0.717, 1.165) is 5.69 Å². The predicted octanol–water partition coefficient (Wildman–Crippen LogP) is 3.95. The average molecular weight is 351 g/mol. The van der Waals surface area contributed by atoms with E-state index < -0.39 is 0 Å². The van der Waals surface area contributed by atoms with E-state index in [2.05, 4.69) is 15.6 Å². The summed E-state index contributed by atoms with van der Waals surface area (Å²) in [4.78, 5) is 16.4. The zero-order valence-electron chi connectivity index (χ0n) is 13.5. The first kappa shape index (κ1) is 15.9. The molecule has 2 N–H and O–H groups in total. The molecule has 0 aliphatic carbocycles. The van der Waals surface area contributed by atoms with Gasteiger partial charge in [-0.25, -0.2) is 4.39 Å². The number of fused-ring (bicyclic) bond motifs is 1. The summed E-state index contributed by atoms with van der Waals surface area (Å²) in [6.07, 6.45) is 3.07. The molecule has 1 aliphatic rings. The van der Waals surface area contributed by atoms with Gasteiger partial charge in [0, 0.05) is 23.6 Å². The molecule has 0 fully saturated rings. The van der Waals surface area contributed by atoms with Gasteiger partial charge in [-0.1, -0.05) is 0 Å². The van der Waals surface area contributed by atoms with Gasteiger partial charge in [-0.05, 0) is 42.5 Å². The number of nitrogens with zero attached hydrogens (tertiary/aromatic N) is 1. The lowest BCUT2D eigenvalue weighted by Gasteiger charge is -2.09. The van der Waals surface area contributed by atoms with Crippen LogP contribution in [0.5, 0.6) is 11.5 Å². The van der Waals surface area contributed by atoms with Crippen LogP contribution in [0.3, 0.4) is 0 Å². The zero-order valence-corrected chi connectivity index (χ0v) is 13.5. The first-order valence-corrected chi connectivity index (χ1v) is 7.86. The van der Waals surface area contributed by atoms with Crippen LogP contribution in [-0.4, -0.2) is 17.7 Å². The fraction of sp³-hybridized carbons (Fsp3) is 0.0526. The zero-order chi connectivity index (χ0) is 17.9. The van der Waals surface area contributed by atoms with E-state index in [0.29, 0.717) is 28.4 Å². The number of carbonyl (C=O) groups is 1. The molecule has 0 atom stereocenters. The number of halogens is 1. The van der Waals surface area contributed by atoms with Gasteiger partial charge in [0.25, 0.3) is 5.91 Å². The molecule has 130 valence electrons. The van der Waals surface area contributed by atoms with Crippen molar-refractivity contribution < 1.29 is 18.7 Å². The van der Waals surface area contributed by atoms with Crippen LogP contribution in [0.15, 0.2) is 60.9 Å². The highest BCUT2D eigenvalue weighted by Gasteiger charge is 2.14. The van der Waals surface area contributed by atoms with Crippen LogP contribution < -0.4 is 20.1 Å². The fourth-order valence-corrected chi connectivity index (χ4v) is 2.51. The lowest BCUT2D eigenvalue weighted by molar-refractivity contribution is 0.102. The van der Waals surface area contributed by atoms with Crippen LogP contribution in [0.25, 0.3) is 0 Å². The molecule has 0 saturated carbocycles. The molecular formula is C19H14FN3O3. The van der Waals surface area contributed by atoms with Crippen LogP contribution in [0.1, 0.15) is 10.4 Å². The smallest absolute Gasteiger partial charge is 0.257 e. The quantitative estimate of drug-likeness (QED) is 0.745. The SMILES string of the molecule is O=C(Nc1ccc(F)cc1)c1cncc(Nc2ccc3c(c2)OCO3)c1. The fourth-order valence-electron chi connectivity index (χ4n) is 2.51. The topological polar surface area (TPSA) is 72.5 Å². The number of aromatic nitrogens is 1. The normalized spacial score (nSPS) is 11.9. The number of carbonyl (C=O) groups excluding carboxylic acids is 1. The first-order valence-electron chi connectivity index (χ1n) is 7.86. The molecule has 0 bridgehead atoms. The highest BCUT2D eigenvalue weighted by atomic mass is 19.1. The van der Waals surface area contributed by atoms with E-state index in [-0.39, 0.29) is 18.5 Å². The number of amides is 1. The number of hydrogen-bond acceptors (Lipinski definition) is 5. The minimum absolute atomic E-state index is 0.208. The lowest BCUT2D eigenvalue weighted by Crippen LogP contribution is -2.12. The van der Waals surface area contributed by atoms with Crippen LogP contribution in [0.4, 0.5) is 21.5 Å². The van der Waals surface area contributed by atoms with Crippen LogP contribution in [0, 0.1) is 5.82 Å². The van der Waals surface area contributed by atoms with E-state index in [1.54, 1.807) is 12.3 Å². The molecule has 7 heteroatoms. The van der Waals surface area contributed by atoms with E-state index in [1.807, 2.05) is 18.2 Å². The minimum atomic E-state index is -0.361. The van der Waals surface area contributed by atoms with Crippen LogP contribution in [0.2, 0.25) is 0 Å². The highest BCUT2D eigenvalue weighted by Crippen LogP contribution is 2.35. The van der Waals surface area contributed by atoms with E-state index >= 15 is 0 Å². The lowest BCUT2D eigenvalue weighted by atomic mass is 10.2. The molecule has 0 radical (unpaired) electrons. The van der Waals surface area contributed by atoms with Gasteiger partial charge in [0.2, 0.25) is 6.79 Å². The molecule has 6 nitrogen and oxygen atoms in total. The standard InChI is InChI=1S/C19H14FN3O3/c20-13-1-3-14(4-2-13)23-19(24)12-7-16(10-21-9-12)22-15-5-6-17-18(8-15)26-11-25-17/h1-10,22H,11H2,(H,23,24). The molecule has 26 heavy (non-hydrogen) atoms. The Balaban J connectivity index is 1.49. The Morgan fingerprint density at radius 3 is 2.54 bits per heavy atom. The average Bonchev–Trinajstić information content (AvgIpc) is 3.12. The Morgan fingerprint density at radius 1 is 0.923 bits per heavy atom. The van der Waals surface area contributed by atoms with Crippen molar-refractivity contribution in [2.24, 2.45) is 0 Å². The summed E-state index contributed by atoms with van der Waals surface area (Å²) < 4.78 is 23.6. The molecule has 2 aromatic carbocycles. The van der Waals surface area contributed by atoms with E-state index in [1.165, 1.54) is 30.5 Å². The van der Waals surface area contributed by atoms with Crippen molar-refractivity contribution in [2.75, 3.05) is 17.4 Å². The van der Waals surface area contributed by atoms with Crippen molar-refractivity contribution in [3.8, 4) is 11.5 Å². The molecule has 1 aromatic heterocycles. The number of nitrogens with one attached hydrogen (secondary N) is 2. The molecule has 2 heterocycles. The molecule has 0 saturated heterocycles. The maximum atomic E-state index is 12.9. The predicted molar refractivity (Wildman–Crippen MR) is 94.4 cm³/mol. The molecule has 1 aliphatic heterocycles. The van der Waals surface area contributed by atoms with E-state index in [4.69, 9.17) is 9.47 Å². The Morgan fingerprint density at radius 2 is 1.69 bits per heavy atom. The van der Waals surface area contributed by atoms with Crippen LogP contribution >= 0.6 is 0 Å². The second kappa shape index (κ2) is 6.72. The number of pyridine rings is 1. The third-order valence-corrected chi connectivity index (χ3v) is 3.76. The molecule has 3 aromatic rings. The summed E-state index contributed by atoms with van der Waals surface area (Å²) in [5, 5.41) is 5.87. The van der Waals surface area contributed by atoms with Crippen molar-refractivity contribution >= 4 is 23.0 Å². The van der Waals surface area contributed by atoms with Gasteiger partial charge >= 0.3 is 0 Å².